The van der Waals surface area contributed by atoms with Gasteiger partial charge in [-0.15, -0.1) is 0 Å². The van der Waals surface area contributed by atoms with Crippen molar-refractivity contribution in [2.45, 2.75) is 24.7 Å². The van der Waals surface area contributed by atoms with Gasteiger partial charge in [-0.25, -0.2) is 8.42 Å². The first-order valence-corrected chi connectivity index (χ1v) is 10.1. The Hall–Kier alpha value is -2.38. The van der Waals surface area contributed by atoms with Gasteiger partial charge >= 0.3 is 0 Å². The molecule has 0 unspecified atom stereocenters. The molecule has 0 aliphatic carbocycles. The molecule has 26 heavy (non-hydrogen) atoms. The Kier molecular flexibility index (Phi) is 5.58. The number of aryl methyl sites for hydroxylation is 1. The third-order valence-corrected chi connectivity index (χ3v) is 5.72. The summed E-state index contributed by atoms with van der Waals surface area (Å²) in [6.45, 7) is 4.07. The molecular weight excluding hydrogens is 350 g/mol. The summed E-state index contributed by atoms with van der Waals surface area (Å²) in [5, 5.41) is 2.81. The molecule has 0 saturated carbocycles. The molecule has 7 heteroatoms. The van der Waals surface area contributed by atoms with Gasteiger partial charge in [-0.3, -0.25) is 14.4 Å². The van der Waals surface area contributed by atoms with Crippen LogP contribution in [0.5, 0.6) is 0 Å². The van der Waals surface area contributed by atoms with E-state index in [2.05, 4.69) is 14.9 Å². The first-order valence-electron chi connectivity index (χ1n) is 8.65. The Bertz CT molecular complexity index is 873. The Balaban J connectivity index is 1.74. The van der Waals surface area contributed by atoms with E-state index in [1.165, 1.54) is 0 Å². The fraction of sp³-hybridized carbons (Fsp3) is 0.316. The van der Waals surface area contributed by atoms with E-state index in [-0.39, 0.29) is 10.8 Å². The Morgan fingerprint density at radius 3 is 2.27 bits per heavy atom. The van der Waals surface area contributed by atoms with E-state index in [1.807, 2.05) is 6.92 Å². The molecule has 3 rings (SSSR count). The normalized spacial score (nSPS) is 15.0. The molecule has 2 aromatic rings. The van der Waals surface area contributed by atoms with Crippen LogP contribution in [0.25, 0.3) is 0 Å². The highest BCUT2D eigenvalue weighted by molar-refractivity contribution is 7.92. The zero-order valence-electron chi connectivity index (χ0n) is 14.7. The number of hydrogen-bond donors (Lipinski definition) is 2. The molecule has 1 amide bonds. The van der Waals surface area contributed by atoms with Crippen LogP contribution in [0.1, 0.15) is 18.4 Å². The molecule has 0 bridgehead atoms. The topological polar surface area (TPSA) is 78.5 Å². The highest BCUT2D eigenvalue weighted by Gasteiger charge is 2.18. The summed E-state index contributed by atoms with van der Waals surface area (Å²) in [6, 6.07) is 13.4. The summed E-state index contributed by atoms with van der Waals surface area (Å²) >= 11 is 0. The molecule has 0 atom stereocenters. The average molecular weight is 373 g/mol. The van der Waals surface area contributed by atoms with Crippen LogP contribution in [-0.4, -0.2) is 38.9 Å². The number of hydrogen-bond acceptors (Lipinski definition) is 4. The molecule has 0 radical (unpaired) electrons. The third-order valence-electron chi connectivity index (χ3n) is 4.34. The fourth-order valence-electron chi connectivity index (χ4n) is 2.94. The molecule has 1 aliphatic heterocycles. The standard InChI is InChI=1S/C19H23N3O3S/c1-15-8-10-16(11-9-15)26(24,25)21-18-7-3-2-6-17(18)20-19(23)14-22-12-4-5-13-22/h2-3,6-11,21H,4-5,12-14H2,1H3,(H,20,23). The number of nitrogens with one attached hydrogen (secondary N) is 2. The summed E-state index contributed by atoms with van der Waals surface area (Å²) in [7, 11) is -3.72. The lowest BCUT2D eigenvalue weighted by atomic mass is 10.2. The van der Waals surface area contributed by atoms with Crippen molar-refractivity contribution in [3.63, 3.8) is 0 Å². The Morgan fingerprint density at radius 2 is 1.62 bits per heavy atom. The van der Waals surface area contributed by atoms with Crippen molar-refractivity contribution in [3.8, 4) is 0 Å². The van der Waals surface area contributed by atoms with Gasteiger partial charge in [0, 0.05) is 0 Å². The van der Waals surface area contributed by atoms with Gasteiger partial charge in [0.05, 0.1) is 22.8 Å². The lowest BCUT2D eigenvalue weighted by Gasteiger charge is -2.16. The minimum atomic E-state index is -3.72. The van der Waals surface area contributed by atoms with Crippen LogP contribution in [0.15, 0.2) is 53.4 Å². The van der Waals surface area contributed by atoms with E-state index in [0.29, 0.717) is 17.9 Å². The minimum absolute atomic E-state index is 0.145. The smallest absolute Gasteiger partial charge is 0.261 e. The minimum Gasteiger partial charge on any atom is -0.323 e. The first-order chi connectivity index (χ1) is 12.4. The van der Waals surface area contributed by atoms with Crippen LogP contribution < -0.4 is 10.0 Å². The fourth-order valence-corrected chi connectivity index (χ4v) is 4.02. The van der Waals surface area contributed by atoms with Crippen molar-refractivity contribution >= 4 is 27.3 Å². The summed E-state index contributed by atoms with van der Waals surface area (Å²) in [5.74, 6) is -0.145. The average Bonchev–Trinajstić information content (AvgIpc) is 3.09. The van der Waals surface area contributed by atoms with Crippen molar-refractivity contribution in [1.29, 1.82) is 0 Å². The van der Waals surface area contributed by atoms with E-state index < -0.39 is 10.0 Å². The van der Waals surface area contributed by atoms with Crippen molar-refractivity contribution in [1.82, 2.24) is 4.90 Å². The molecule has 0 spiro atoms. The highest BCUT2D eigenvalue weighted by Crippen LogP contribution is 2.24. The lowest BCUT2D eigenvalue weighted by Crippen LogP contribution is -2.31. The van der Waals surface area contributed by atoms with Gasteiger partial charge in [0.15, 0.2) is 0 Å². The quantitative estimate of drug-likeness (QED) is 0.816. The largest absolute Gasteiger partial charge is 0.323 e. The van der Waals surface area contributed by atoms with Crippen LogP contribution in [0.4, 0.5) is 11.4 Å². The maximum atomic E-state index is 12.6. The summed E-state index contributed by atoms with van der Waals surface area (Å²) < 4.78 is 27.8. The molecule has 0 aromatic heterocycles. The van der Waals surface area contributed by atoms with Crippen molar-refractivity contribution in [2.75, 3.05) is 29.7 Å². The van der Waals surface area contributed by atoms with E-state index in [4.69, 9.17) is 0 Å². The summed E-state index contributed by atoms with van der Waals surface area (Å²) in [6.07, 6.45) is 2.22. The Labute approximate surface area is 154 Å². The van der Waals surface area contributed by atoms with Gasteiger partial charge in [-0.2, -0.15) is 0 Å². The highest BCUT2D eigenvalue weighted by atomic mass is 32.2. The van der Waals surface area contributed by atoms with Gasteiger partial charge in [-0.05, 0) is 57.1 Å². The number of carbonyl (C=O) groups excluding carboxylic acids is 1. The number of benzene rings is 2. The number of rotatable bonds is 6. The second kappa shape index (κ2) is 7.88. The number of amides is 1. The molecule has 1 aliphatic rings. The molecule has 1 saturated heterocycles. The monoisotopic (exact) mass is 373 g/mol. The lowest BCUT2D eigenvalue weighted by molar-refractivity contribution is -0.117. The Morgan fingerprint density at radius 1 is 1.00 bits per heavy atom. The van der Waals surface area contributed by atoms with Crippen molar-refractivity contribution < 1.29 is 13.2 Å². The number of anilines is 2. The predicted molar refractivity (Wildman–Crippen MR) is 103 cm³/mol. The van der Waals surface area contributed by atoms with Crippen molar-refractivity contribution in [2.24, 2.45) is 0 Å². The van der Waals surface area contributed by atoms with Crippen LogP contribution in [-0.2, 0) is 14.8 Å². The van der Waals surface area contributed by atoms with Crippen LogP contribution >= 0.6 is 0 Å². The number of likely N-dealkylation sites (tertiary alicyclic amines) is 1. The number of para-hydroxylation sites is 2. The zero-order chi connectivity index (χ0) is 18.6. The summed E-state index contributed by atoms with van der Waals surface area (Å²) in [4.78, 5) is 14.5. The molecule has 6 nitrogen and oxygen atoms in total. The van der Waals surface area contributed by atoms with E-state index in [0.717, 1.165) is 31.5 Å². The molecule has 2 aromatic carbocycles. The predicted octanol–water partition coefficient (Wildman–Crippen LogP) is 2.83. The second-order valence-corrected chi connectivity index (χ2v) is 8.18. The SMILES string of the molecule is Cc1ccc(S(=O)(=O)Nc2ccccc2NC(=O)CN2CCCC2)cc1. The first kappa shape index (κ1) is 18.4. The maximum absolute atomic E-state index is 12.6. The zero-order valence-corrected chi connectivity index (χ0v) is 15.6. The number of nitrogens with zero attached hydrogens (tertiary/aromatic N) is 1. The van der Waals surface area contributed by atoms with Gasteiger partial charge in [0.1, 0.15) is 0 Å². The van der Waals surface area contributed by atoms with Crippen LogP contribution in [0.3, 0.4) is 0 Å². The molecule has 138 valence electrons. The van der Waals surface area contributed by atoms with Crippen LogP contribution in [0, 0.1) is 6.92 Å². The third kappa shape index (κ3) is 4.62. The molecule has 1 heterocycles. The number of sulfonamides is 1. The molecule has 1 fully saturated rings. The van der Waals surface area contributed by atoms with E-state index >= 15 is 0 Å². The summed E-state index contributed by atoms with van der Waals surface area (Å²) in [5.41, 5.74) is 1.79. The molecular formula is C19H23N3O3S. The second-order valence-electron chi connectivity index (χ2n) is 6.50. The van der Waals surface area contributed by atoms with Crippen molar-refractivity contribution in [3.05, 3.63) is 54.1 Å². The number of carbonyl (C=O) groups is 1. The van der Waals surface area contributed by atoms with Gasteiger partial charge in [0.2, 0.25) is 5.91 Å². The van der Waals surface area contributed by atoms with Gasteiger partial charge in [-0.1, -0.05) is 29.8 Å². The van der Waals surface area contributed by atoms with Crippen LogP contribution in [0.2, 0.25) is 0 Å². The van der Waals surface area contributed by atoms with Gasteiger partial charge < -0.3 is 5.32 Å². The van der Waals surface area contributed by atoms with E-state index in [9.17, 15) is 13.2 Å². The van der Waals surface area contributed by atoms with Gasteiger partial charge in [0.25, 0.3) is 10.0 Å². The van der Waals surface area contributed by atoms with E-state index in [1.54, 1.807) is 48.5 Å². The molecule has 2 N–H and O–H groups in total. The maximum Gasteiger partial charge on any atom is 0.261 e.